The van der Waals surface area contributed by atoms with Crippen molar-refractivity contribution in [3.05, 3.63) is 48.5 Å². The van der Waals surface area contributed by atoms with Gasteiger partial charge in [0, 0.05) is 29.2 Å². The molecule has 3 rings (SSSR count). The van der Waals surface area contributed by atoms with Gasteiger partial charge >= 0.3 is 0 Å². The molecular weight excluding hydrogens is 304 g/mol. The standard InChI is InChI=1S/C19H20N2O3/c1-23-14-5-3-13(4-6-14)17-12-18(20-9-10-22)16-8-7-15(24-2)11-19(16)21-17/h3-8,11-12,22H,9-10H2,1-2H3,(H,20,21). The summed E-state index contributed by atoms with van der Waals surface area (Å²) in [4.78, 5) is 4.75. The molecule has 0 aliphatic heterocycles. The normalized spacial score (nSPS) is 10.6. The first-order chi connectivity index (χ1) is 11.7. The Bertz CT molecular complexity index is 832. The van der Waals surface area contributed by atoms with Crippen LogP contribution in [0.5, 0.6) is 11.5 Å². The van der Waals surface area contributed by atoms with Gasteiger partial charge in [-0.25, -0.2) is 4.98 Å². The van der Waals surface area contributed by atoms with Gasteiger partial charge in [-0.3, -0.25) is 0 Å². The largest absolute Gasteiger partial charge is 0.497 e. The highest BCUT2D eigenvalue weighted by Crippen LogP contribution is 2.31. The molecule has 0 aliphatic rings. The number of fused-ring (bicyclic) bond motifs is 1. The van der Waals surface area contributed by atoms with Gasteiger partial charge in [-0.05, 0) is 42.5 Å². The van der Waals surface area contributed by atoms with Crippen molar-refractivity contribution in [2.24, 2.45) is 0 Å². The van der Waals surface area contributed by atoms with Gasteiger partial charge in [0.05, 0.1) is 32.0 Å². The maximum atomic E-state index is 9.11. The maximum absolute atomic E-state index is 9.11. The highest BCUT2D eigenvalue weighted by Gasteiger charge is 2.09. The van der Waals surface area contributed by atoms with Crippen molar-refractivity contribution in [3.8, 4) is 22.8 Å². The van der Waals surface area contributed by atoms with Crippen LogP contribution >= 0.6 is 0 Å². The van der Waals surface area contributed by atoms with Gasteiger partial charge in [0.1, 0.15) is 11.5 Å². The fraction of sp³-hybridized carbons (Fsp3) is 0.211. The zero-order valence-electron chi connectivity index (χ0n) is 13.7. The molecule has 0 bridgehead atoms. The zero-order valence-corrected chi connectivity index (χ0v) is 13.7. The Labute approximate surface area is 140 Å². The third-order valence-corrected chi connectivity index (χ3v) is 3.83. The molecule has 0 aliphatic carbocycles. The third-order valence-electron chi connectivity index (χ3n) is 3.83. The molecular formula is C19H20N2O3. The lowest BCUT2D eigenvalue weighted by Gasteiger charge is -2.12. The summed E-state index contributed by atoms with van der Waals surface area (Å²) in [6, 6.07) is 15.5. The van der Waals surface area contributed by atoms with Crippen molar-refractivity contribution in [1.29, 1.82) is 0 Å². The van der Waals surface area contributed by atoms with Gasteiger partial charge in [0.15, 0.2) is 0 Å². The number of anilines is 1. The lowest BCUT2D eigenvalue weighted by molar-refractivity contribution is 0.311. The van der Waals surface area contributed by atoms with Gasteiger partial charge in [-0.15, -0.1) is 0 Å². The topological polar surface area (TPSA) is 63.6 Å². The first-order valence-electron chi connectivity index (χ1n) is 7.73. The lowest BCUT2D eigenvalue weighted by Crippen LogP contribution is -2.06. The number of aromatic nitrogens is 1. The van der Waals surface area contributed by atoms with Crippen LogP contribution in [0.25, 0.3) is 22.2 Å². The first-order valence-corrected chi connectivity index (χ1v) is 7.73. The van der Waals surface area contributed by atoms with E-state index in [-0.39, 0.29) is 6.61 Å². The minimum atomic E-state index is 0.0673. The third kappa shape index (κ3) is 3.26. The van der Waals surface area contributed by atoms with Crippen LogP contribution < -0.4 is 14.8 Å². The number of nitrogens with zero attached hydrogens (tertiary/aromatic N) is 1. The number of benzene rings is 2. The monoisotopic (exact) mass is 324 g/mol. The fourth-order valence-corrected chi connectivity index (χ4v) is 2.58. The number of hydrogen-bond donors (Lipinski definition) is 2. The minimum absolute atomic E-state index is 0.0673. The molecule has 24 heavy (non-hydrogen) atoms. The van der Waals surface area contributed by atoms with Gasteiger partial charge < -0.3 is 19.9 Å². The van der Waals surface area contributed by atoms with E-state index in [2.05, 4.69) is 5.32 Å². The molecule has 0 saturated carbocycles. The van der Waals surface area contributed by atoms with Crippen LogP contribution in [0.3, 0.4) is 0 Å². The van der Waals surface area contributed by atoms with Crippen LogP contribution in [0.15, 0.2) is 48.5 Å². The van der Waals surface area contributed by atoms with Crippen LogP contribution in [0.1, 0.15) is 0 Å². The molecule has 0 spiro atoms. The number of nitrogens with one attached hydrogen (secondary N) is 1. The average molecular weight is 324 g/mol. The summed E-state index contributed by atoms with van der Waals surface area (Å²) < 4.78 is 10.5. The Hall–Kier alpha value is -2.79. The number of ether oxygens (including phenoxy) is 2. The van der Waals surface area contributed by atoms with E-state index in [1.165, 1.54) is 0 Å². The van der Waals surface area contributed by atoms with Crippen molar-refractivity contribution in [1.82, 2.24) is 4.98 Å². The second-order valence-corrected chi connectivity index (χ2v) is 5.32. The van der Waals surface area contributed by atoms with Crippen molar-refractivity contribution < 1.29 is 14.6 Å². The summed E-state index contributed by atoms with van der Waals surface area (Å²) in [7, 11) is 3.28. The van der Waals surface area contributed by atoms with E-state index in [1.54, 1.807) is 14.2 Å². The minimum Gasteiger partial charge on any atom is -0.497 e. The zero-order chi connectivity index (χ0) is 16.9. The van der Waals surface area contributed by atoms with Gasteiger partial charge in [0.2, 0.25) is 0 Å². The Balaban J connectivity index is 2.12. The molecule has 124 valence electrons. The lowest BCUT2D eigenvalue weighted by atomic mass is 10.1. The second kappa shape index (κ2) is 7.19. The Morgan fingerprint density at radius 1 is 0.958 bits per heavy atom. The van der Waals surface area contributed by atoms with Crippen molar-refractivity contribution in [2.45, 2.75) is 0 Å². The van der Waals surface area contributed by atoms with E-state index >= 15 is 0 Å². The van der Waals surface area contributed by atoms with Crippen LogP contribution in [0.2, 0.25) is 0 Å². The maximum Gasteiger partial charge on any atom is 0.121 e. The molecule has 0 saturated heterocycles. The number of aliphatic hydroxyl groups is 1. The summed E-state index contributed by atoms with van der Waals surface area (Å²) in [5.74, 6) is 1.56. The second-order valence-electron chi connectivity index (χ2n) is 5.32. The Morgan fingerprint density at radius 3 is 2.33 bits per heavy atom. The molecule has 1 aromatic heterocycles. The van der Waals surface area contributed by atoms with Gasteiger partial charge in [-0.1, -0.05) is 0 Å². The number of methoxy groups -OCH3 is 2. The number of rotatable bonds is 6. The van der Waals surface area contributed by atoms with E-state index in [9.17, 15) is 0 Å². The van der Waals surface area contributed by atoms with E-state index < -0.39 is 0 Å². The fourth-order valence-electron chi connectivity index (χ4n) is 2.58. The van der Waals surface area contributed by atoms with Crippen LogP contribution in [0.4, 0.5) is 5.69 Å². The predicted octanol–water partition coefficient (Wildman–Crippen LogP) is 3.32. The molecule has 0 radical (unpaired) electrons. The molecule has 0 atom stereocenters. The van der Waals surface area contributed by atoms with E-state index in [0.717, 1.165) is 39.3 Å². The quantitative estimate of drug-likeness (QED) is 0.728. The Morgan fingerprint density at radius 2 is 1.67 bits per heavy atom. The number of pyridine rings is 1. The molecule has 2 aromatic carbocycles. The van der Waals surface area contributed by atoms with Crippen molar-refractivity contribution in [3.63, 3.8) is 0 Å². The molecule has 5 heteroatoms. The summed E-state index contributed by atoms with van der Waals surface area (Å²) in [5, 5.41) is 13.4. The average Bonchev–Trinajstić information content (AvgIpc) is 2.65. The van der Waals surface area contributed by atoms with Gasteiger partial charge in [0.25, 0.3) is 0 Å². The molecule has 0 amide bonds. The highest BCUT2D eigenvalue weighted by molar-refractivity contribution is 5.94. The predicted molar refractivity (Wildman–Crippen MR) is 95.9 cm³/mol. The van der Waals surface area contributed by atoms with Crippen molar-refractivity contribution >= 4 is 16.6 Å². The number of aliphatic hydroxyl groups excluding tert-OH is 1. The van der Waals surface area contributed by atoms with Crippen LogP contribution in [0, 0.1) is 0 Å². The summed E-state index contributed by atoms with van der Waals surface area (Å²) in [6.07, 6.45) is 0. The molecule has 5 nitrogen and oxygen atoms in total. The van der Waals surface area contributed by atoms with Crippen LogP contribution in [-0.4, -0.2) is 37.5 Å². The molecule has 1 heterocycles. The number of hydrogen-bond acceptors (Lipinski definition) is 5. The molecule has 0 fully saturated rings. The summed E-state index contributed by atoms with van der Waals surface area (Å²) >= 11 is 0. The highest BCUT2D eigenvalue weighted by atomic mass is 16.5. The SMILES string of the molecule is COc1ccc(-c2cc(NCCO)c3ccc(OC)cc3n2)cc1. The summed E-state index contributed by atoms with van der Waals surface area (Å²) in [5.41, 5.74) is 3.61. The van der Waals surface area contributed by atoms with E-state index in [1.807, 2.05) is 48.5 Å². The van der Waals surface area contributed by atoms with E-state index in [0.29, 0.717) is 6.54 Å². The first kappa shape index (κ1) is 16.1. The van der Waals surface area contributed by atoms with Crippen molar-refractivity contribution in [2.75, 3.05) is 32.7 Å². The van der Waals surface area contributed by atoms with Gasteiger partial charge in [-0.2, -0.15) is 0 Å². The molecule has 2 N–H and O–H groups in total. The summed E-state index contributed by atoms with van der Waals surface area (Å²) in [6.45, 7) is 0.547. The van der Waals surface area contributed by atoms with E-state index in [4.69, 9.17) is 19.6 Å². The Kier molecular flexibility index (Phi) is 4.82. The molecule has 3 aromatic rings. The smallest absolute Gasteiger partial charge is 0.121 e. The molecule has 0 unspecified atom stereocenters. The van der Waals surface area contributed by atoms with Crippen LogP contribution in [-0.2, 0) is 0 Å².